The first-order valence-electron chi connectivity index (χ1n) is 10.2. The van der Waals surface area contributed by atoms with Crippen molar-refractivity contribution in [3.8, 4) is 16.9 Å². The van der Waals surface area contributed by atoms with Crippen molar-refractivity contribution in [3.05, 3.63) is 71.1 Å². The molecule has 0 aliphatic carbocycles. The Bertz CT molecular complexity index is 1100. The highest BCUT2D eigenvalue weighted by atomic mass is 35.5. The van der Waals surface area contributed by atoms with Gasteiger partial charge in [0.1, 0.15) is 11.5 Å². The van der Waals surface area contributed by atoms with Crippen LogP contribution in [-0.2, 0) is 9.47 Å². The van der Waals surface area contributed by atoms with Crippen LogP contribution >= 0.6 is 11.6 Å². The molecule has 2 aliphatic heterocycles. The summed E-state index contributed by atoms with van der Waals surface area (Å²) in [6.07, 6.45) is 1.26. The Kier molecular flexibility index (Phi) is 5.25. The number of hydrogen-bond donors (Lipinski definition) is 0. The number of rotatable bonds is 3. The monoisotopic (exact) mass is 441 g/mol. The zero-order valence-corrected chi connectivity index (χ0v) is 17.5. The van der Waals surface area contributed by atoms with E-state index in [-0.39, 0.29) is 11.7 Å². The maximum Gasteiger partial charge on any atom is 0.272 e. The Morgan fingerprint density at radius 2 is 1.71 bits per heavy atom. The summed E-state index contributed by atoms with van der Waals surface area (Å²) in [5, 5.41) is 5.12. The van der Waals surface area contributed by atoms with Gasteiger partial charge >= 0.3 is 0 Å². The molecule has 2 fully saturated rings. The van der Waals surface area contributed by atoms with Crippen LogP contribution < -0.4 is 0 Å². The maximum absolute atomic E-state index is 13.5. The van der Waals surface area contributed by atoms with Crippen LogP contribution in [0.15, 0.2) is 54.6 Å². The second-order valence-electron chi connectivity index (χ2n) is 7.68. The molecule has 0 saturated carbocycles. The third-order valence-corrected chi connectivity index (χ3v) is 6.09. The number of amides is 1. The van der Waals surface area contributed by atoms with Crippen molar-refractivity contribution >= 4 is 17.5 Å². The summed E-state index contributed by atoms with van der Waals surface area (Å²) in [6, 6.07) is 15.0. The molecular formula is C23H21ClFN3O3. The van der Waals surface area contributed by atoms with Crippen LogP contribution in [0.3, 0.4) is 0 Å². The van der Waals surface area contributed by atoms with Gasteiger partial charge in [-0.3, -0.25) is 4.79 Å². The summed E-state index contributed by atoms with van der Waals surface area (Å²) in [5.74, 6) is -1.03. The van der Waals surface area contributed by atoms with Gasteiger partial charge in [-0.1, -0.05) is 23.7 Å². The summed E-state index contributed by atoms with van der Waals surface area (Å²) in [5.41, 5.74) is 2.29. The quantitative estimate of drug-likeness (QED) is 0.607. The largest absolute Gasteiger partial charge is 0.347 e. The Balaban J connectivity index is 1.50. The number of carbonyl (C=O) groups is 1. The van der Waals surface area contributed by atoms with Gasteiger partial charge < -0.3 is 14.4 Å². The van der Waals surface area contributed by atoms with Crippen LogP contribution in [0.5, 0.6) is 0 Å². The number of halogens is 2. The fourth-order valence-electron chi connectivity index (χ4n) is 4.10. The van der Waals surface area contributed by atoms with Gasteiger partial charge in [0, 0.05) is 31.5 Å². The lowest BCUT2D eigenvalue weighted by atomic mass is 10.0. The van der Waals surface area contributed by atoms with Crippen LogP contribution in [0, 0.1) is 5.82 Å². The molecule has 0 atom stereocenters. The van der Waals surface area contributed by atoms with Gasteiger partial charge in [0.05, 0.1) is 29.6 Å². The Morgan fingerprint density at radius 1 is 1.03 bits per heavy atom. The van der Waals surface area contributed by atoms with Gasteiger partial charge in [-0.15, -0.1) is 0 Å². The molecule has 160 valence electrons. The number of likely N-dealkylation sites (tertiary alicyclic amines) is 1. The molecule has 6 nitrogen and oxygen atoms in total. The molecule has 3 heterocycles. The molecule has 0 N–H and O–H groups in total. The lowest BCUT2D eigenvalue weighted by molar-refractivity contribution is -0.181. The zero-order chi connectivity index (χ0) is 21.4. The van der Waals surface area contributed by atoms with Gasteiger partial charge in [-0.2, -0.15) is 5.10 Å². The van der Waals surface area contributed by atoms with Crippen molar-refractivity contribution in [3.63, 3.8) is 0 Å². The SMILES string of the molecule is O=C(c1cc(-c2ccc(F)cc2)nn1-c1ccccc1Cl)N1CCC2(CC1)OCCO2. The van der Waals surface area contributed by atoms with E-state index >= 15 is 0 Å². The van der Waals surface area contributed by atoms with Gasteiger partial charge in [0.2, 0.25) is 0 Å². The molecule has 2 aromatic carbocycles. The average Bonchev–Trinajstić information content (AvgIpc) is 3.42. The molecule has 31 heavy (non-hydrogen) atoms. The van der Waals surface area contributed by atoms with E-state index in [9.17, 15) is 9.18 Å². The van der Waals surface area contributed by atoms with Crippen molar-refractivity contribution < 1.29 is 18.7 Å². The van der Waals surface area contributed by atoms with E-state index in [0.29, 0.717) is 66.8 Å². The van der Waals surface area contributed by atoms with Crippen LogP contribution in [0.1, 0.15) is 23.3 Å². The van der Waals surface area contributed by atoms with E-state index in [1.165, 1.54) is 12.1 Å². The van der Waals surface area contributed by atoms with Gasteiger partial charge in [-0.25, -0.2) is 9.07 Å². The van der Waals surface area contributed by atoms with E-state index in [4.69, 9.17) is 21.1 Å². The molecule has 2 saturated heterocycles. The van der Waals surface area contributed by atoms with E-state index in [2.05, 4.69) is 5.10 Å². The van der Waals surface area contributed by atoms with Gasteiger partial charge in [0.15, 0.2) is 5.79 Å². The summed E-state index contributed by atoms with van der Waals surface area (Å²) in [4.78, 5) is 15.3. The fraction of sp³-hybridized carbons (Fsp3) is 0.304. The molecule has 0 bridgehead atoms. The van der Waals surface area contributed by atoms with E-state index in [0.717, 1.165) is 0 Å². The Labute approximate surface area is 184 Å². The zero-order valence-electron chi connectivity index (χ0n) is 16.8. The predicted octanol–water partition coefficient (Wildman–Crippen LogP) is 4.31. The van der Waals surface area contributed by atoms with Crippen molar-refractivity contribution in [1.82, 2.24) is 14.7 Å². The molecule has 1 spiro atoms. The van der Waals surface area contributed by atoms with Crippen LogP contribution in [0.25, 0.3) is 16.9 Å². The lowest BCUT2D eigenvalue weighted by Crippen LogP contribution is -2.47. The van der Waals surface area contributed by atoms with Crippen LogP contribution in [-0.4, -0.2) is 52.7 Å². The third kappa shape index (κ3) is 3.84. The van der Waals surface area contributed by atoms with Gasteiger partial charge in [-0.05, 0) is 42.5 Å². The first-order chi connectivity index (χ1) is 15.0. The molecule has 5 rings (SSSR count). The van der Waals surface area contributed by atoms with E-state index < -0.39 is 5.79 Å². The summed E-state index contributed by atoms with van der Waals surface area (Å²) >= 11 is 6.41. The number of benzene rings is 2. The highest BCUT2D eigenvalue weighted by molar-refractivity contribution is 6.32. The van der Waals surface area contributed by atoms with Crippen LogP contribution in [0.4, 0.5) is 4.39 Å². The van der Waals surface area contributed by atoms with Crippen molar-refractivity contribution in [2.75, 3.05) is 26.3 Å². The molecule has 8 heteroatoms. The molecule has 2 aliphatic rings. The maximum atomic E-state index is 13.5. The molecule has 0 unspecified atom stereocenters. The fourth-order valence-corrected chi connectivity index (χ4v) is 4.32. The molecular weight excluding hydrogens is 421 g/mol. The Hall–Kier alpha value is -2.74. The Morgan fingerprint density at radius 3 is 2.39 bits per heavy atom. The van der Waals surface area contributed by atoms with Crippen molar-refractivity contribution in [2.45, 2.75) is 18.6 Å². The molecule has 1 amide bonds. The molecule has 0 radical (unpaired) electrons. The second-order valence-corrected chi connectivity index (χ2v) is 8.09. The van der Waals surface area contributed by atoms with Crippen LogP contribution in [0.2, 0.25) is 5.02 Å². The van der Waals surface area contributed by atoms with Crippen molar-refractivity contribution in [2.24, 2.45) is 0 Å². The number of carbonyl (C=O) groups excluding carboxylic acids is 1. The minimum Gasteiger partial charge on any atom is -0.347 e. The number of para-hydroxylation sites is 1. The number of nitrogens with zero attached hydrogens (tertiary/aromatic N) is 3. The highest BCUT2D eigenvalue weighted by Gasteiger charge is 2.41. The second kappa shape index (κ2) is 8.07. The first-order valence-corrected chi connectivity index (χ1v) is 10.6. The minimum absolute atomic E-state index is 0.145. The summed E-state index contributed by atoms with van der Waals surface area (Å²) in [7, 11) is 0. The number of hydrogen-bond acceptors (Lipinski definition) is 4. The lowest BCUT2D eigenvalue weighted by Gasteiger charge is -2.37. The normalized spacial score (nSPS) is 17.9. The topological polar surface area (TPSA) is 56.6 Å². The summed E-state index contributed by atoms with van der Waals surface area (Å²) in [6.45, 7) is 2.24. The van der Waals surface area contributed by atoms with E-state index in [1.54, 1.807) is 33.8 Å². The standard InChI is InChI=1S/C23H21ClFN3O3/c24-18-3-1-2-4-20(18)28-21(15-19(26-28)16-5-7-17(25)8-6-16)22(29)27-11-9-23(10-12-27)30-13-14-31-23/h1-8,15H,9-14H2. The first kappa shape index (κ1) is 20.2. The molecule has 1 aromatic heterocycles. The van der Waals surface area contributed by atoms with Crippen molar-refractivity contribution in [1.29, 1.82) is 0 Å². The van der Waals surface area contributed by atoms with E-state index in [1.807, 2.05) is 18.2 Å². The number of piperidine rings is 1. The smallest absolute Gasteiger partial charge is 0.272 e. The molecule has 3 aromatic rings. The highest BCUT2D eigenvalue weighted by Crippen LogP contribution is 2.33. The van der Waals surface area contributed by atoms with Gasteiger partial charge in [0.25, 0.3) is 5.91 Å². The predicted molar refractivity (Wildman–Crippen MR) is 114 cm³/mol. The number of aromatic nitrogens is 2. The minimum atomic E-state index is -0.557. The average molecular weight is 442 g/mol. The number of ether oxygens (including phenoxy) is 2. The summed E-state index contributed by atoms with van der Waals surface area (Å²) < 4.78 is 26.5. The third-order valence-electron chi connectivity index (χ3n) is 5.78.